The molecule has 1 fully saturated rings. The molecule has 1 aromatic heterocycles. The van der Waals surface area contributed by atoms with Crippen LogP contribution in [0.5, 0.6) is 5.75 Å². The summed E-state index contributed by atoms with van der Waals surface area (Å²) in [6.45, 7) is 0.283. The first kappa shape index (κ1) is 26.2. The lowest BCUT2D eigenvalue weighted by atomic mass is 10.1. The van der Waals surface area contributed by atoms with Crippen molar-refractivity contribution in [3.05, 3.63) is 52.5 Å². The van der Waals surface area contributed by atoms with Crippen LogP contribution in [0.4, 0.5) is 16.5 Å². The number of carbonyl (C=O) groups is 3. The van der Waals surface area contributed by atoms with Gasteiger partial charge in [0, 0.05) is 36.5 Å². The summed E-state index contributed by atoms with van der Waals surface area (Å²) in [5.41, 5.74) is 1.28. The van der Waals surface area contributed by atoms with Gasteiger partial charge in [0.2, 0.25) is 22.9 Å². The summed E-state index contributed by atoms with van der Waals surface area (Å²) in [7, 11) is 1.57. The first-order valence-electron chi connectivity index (χ1n) is 10.8. The van der Waals surface area contributed by atoms with Crippen molar-refractivity contribution in [3.8, 4) is 5.75 Å². The third kappa shape index (κ3) is 6.67. The Hall–Kier alpha value is -2.86. The van der Waals surface area contributed by atoms with Gasteiger partial charge in [0.1, 0.15) is 5.75 Å². The first-order chi connectivity index (χ1) is 17.3. The van der Waals surface area contributed by atoms with Crippen LogP contribution >= 0.6 is 46.3 Å². The molecule has 1 aliphatic heterocycles. The second-order valence-electron chi connectivity index (χ2n) is 7.74. The van der Waals surface area contributed by atoms with Crippen LogP contribution in [0.1, 0.15) is 12.8 Å². The van der Waals surface area contributed by atoms with Gasteiger partial charge in [-0.15, -0.1) is 10.2 Å². The van der Waals surface area contributed by atoms with Gasteiger partial charge in [-0.3, -0.25) is 14.4 Å². The molecule has 1 aliphatic rings. The average Bonchev–Trinajstić information content (AvgIpc) is 3.47. The number of aromatic nitrogens is 2. The number of nitrogens with zero attached hydrogens (tertiary/aromatic N) is 3. The highest BCUT2D eigenvalue weighted by molar-refractivity contribution is 8.01. The monoisotopic (exact) mass is 565 g/mol. The fourth-order valence-corrected chi connectivity index (χ4v) is 5.51. The number of ether oxygens (including phenoxy) is 1. The van der Waals surface area contributed by atoms with E-state index in [1.807, 2.05) is 0 Å². The Morgan fingerprint density at radius 3 is 2.64 bits per heavy atom. The number of nitrogens with one attached hydrogen (secondary N) is 2. The molecule has 2 heterocycles. The lowest BCUT2D eigenvalue weighted by Gasteiger charge is -2.16. The lowest BCUT2D eigenvalue weighted by molar-refractivity contribution is -0.122. The van der Waals surface area contributed by atoms with Gasteiger partial charge in [-0.2, -0.15) is 0 Å². The molecular weight excluding hydrogens is 545 g/mol. The lowest BCUT2D eigenvalue weighted by Crippen LogP contribution is -2.28. The van der Waals surface area contributed by atoms with Crippen LogP contribution in [-0.2, 0) is 14.4 Å². The molecule has 3 amide bonds. The van der Waals surface area contributed by atoms with Gasteiger partial charge in [-0.25, -0.2) is 0 Å². The van der Waals surface area contributed by atoms with Gasteiger partial charge in [0.25, 0.3) is 0 Å². The number of rotatable bonds is 9. The van der Waals surface area contributed by atoms with E-state index in [9.17, 15) is 14.4 Å². The average molecular weight is 566 g/mol. The summed E-state index contributed by atoms with van der Waals surface area (Å²) in [5.74, 6) is 0.0950. The van der Waals surface area contributed by atoms with Crippen LogP contribution < -0.4 is 20.3 Å². The van der Waals surface area contributed by atoms with E-state index in [-0.39, 0.29) is 37.1 Å². The fourth-order valence-electron chi connectivity index (χ4n) is 3.45. The fraction of sp³-hybridized carbons (Fsp3) is 0.261. The van der Waals surface area contributed by atoms with Crippen molar-refractivity contribution in [2.45, 2.75) is 17.2 Å². The Kier molecular flexibility index (Phi) is 8.68. The van der Waals surface area contributed by atoms with E-state index in [0.717, 1.165) is 0 Å². The summed E-state index contributed by atoms with van der Waals surface area (Å²) < 4.78 is 5.77. The van der Waals surface area contributed by atoms with Gasteiger partial charge in [0.15, 0.2) is 4.34 Å². The number of hydrogen-bond donors (Lipinski definition) is 2. The highest BCUT2D eigenvalue weighted by Crippen LogP contribution is 2.30. The van der Waals surface area contributed by atoms with Crippen LogP contribution in [0.15, 0.2) is 46.8 Å². The van der Waals surface area contributed by atoms with Crippen molar-refractivity contribution < 1.29 is 19.1 Å². The molecule has 2 N–H and O–H groups in total. The molecule has 0 spiro atoms. The molecule has 9 nitrogen and oxygen atoms in total. The standard InChI is InChI=1S/C23H21Cl2N5O4S2/c1-34-16-5-3-15(4-6-16)30-12-13(10-20(30)32)21(33)27-22-28-29-23(36-22)35-9-8-19(31)26-14-2-7-17(24)18(25)11-14/h2-7,11,13H,8-10,12H2,1H3,(H,26,31)(H,27,28,33). The van der Waals surface area contributed by atoms with Gasteiger partial charge in [-0.1, -0.05) is 46.3 Å². The number of halogens is 2. The van der Waals surface area contributed by atoms with Crippen molar-refractivity contribution in [2.24, 2.45) is 5.92 Å². The maximum atomic E-state index is 12.7. The predicted molar refractivity (Wildman–Crippen MR) is 142 cm³/mol. The molecule has 4 rings (SSSR count). The summed E-state index contributed by atoms with van der Waals surface area (Å²) in [6, 6.07) is 12.0. The Morgan fingerprint density at radius 2 is 1.92 bits per heavy atom. The van der Waals surface area contributed by atoms with E-state index >= 15 is 0 Å². The quantitative estimate of drug-likeness (QED) is 0.278. The number of hydrogen-bond acceptors (Lipinski definition) is 8. The van der Waals surface area contributed by atoms with Crippen molar-refractivity contribution in [1.82, 2.24) is 10.2 Å². The second kappa shape index (κ2) is 11.9. The van der Waals surface area contributed by atoms with E-state index < -0.39 is 5.92 Å². The molecule has 1 saturated heterocycles. The van der Waals surface area contributed by atoms with Crippen LogP contribution in [0, 0.1) is 5.92 Å². The van der Waals surface area contributed by atoms with Gasteiger partial charge < -0.3 is 20.3 Å². The number of methoxy groups -OCH3 is 1. The van der Waals surface area contributed by atoms with E-state index in [1.165, 1.54) is 23.1 Å². The summed E-state index contributed by atoms with van der Waals surface area (Å²) >= 11 is 14.4. The highest BCUT2D eigenvalue weighted by Gasteiger charge is 2.35. The van der Waals surface area contributed by atoms with E-state index in [2.05, 4.69) is 20.8 Å². The third-order valence-corrected chi connectivity index (χ3v) is 7.99. The minimum atomic E-state index is -0.496. The molecule has 0 bridgehead atoms. The van der Waals surface area contributed by atoms with Crippen LogP contribution in [0.2, 0.25) is 10.0 Å². The molecule has 13 heteroatoms. The van der Waals surface area contributed by atoms with Crippen LogP contribution in [-0.4, -0.2) is 47.3 Å². The number of anilines is 3. The normalized spacial score (nSPS) is 15.1. The molecule has 1 unspecified atom stereocenters. The smallest absolute Gasteiger partial charge is 0.231 e. The Bertz CT molecular complexity index is 1270. The molecule has 0 aliphatic carbocycles. The van der Waals surface area contributed by atoms with Gasteiger partial charge in [-0.05, 0) is 42.5 Å². The molecule has 2 aromatic carbocycles. The molecule has 0 radical (unpaired) electrons. The zero-order chi connectivity index (χ0) is 25.7. The summed E-state index contributed by atoms with van der Waals surface area (Å²) in [5, 5.41) is 14.7. The Balaban J connectivity index is 1.23. The highest BCUT2D eigenvalue weighted by atomic mass is 35.5. The van der Waals surface area contributed by atoms with E-state index in [4.69, 9.17) is 27.9 Å². The minimum Gasteiger partial charge on any atom is -0.497 e. The number of thioether (sulfide) groups is 1. The second-order valence-corrected chi connectivity index (χ2v) is 10.9. The maximum absolute atomic E-state index is 12.7. The topological polar surface area (TPSA) is 114 Å². The van der Waals surface area contributed by atoms with E-state index in [0.29, 0.717) is 42.4 Å². The third-order valence-electron chi connectivity index (χ3n) is 5.27. The summed E-state index contributed by atoms with van der Waals surface area (Å²) in [4.78, 5) is 38.9. The SMILES string of the molecule is COc1ccc(N2CC(C(=O)Nc3nnc(SCCC(=O)Nc4ccc(Cl)c(Cl)c4)s3)CC2=O)cc1. The van der Waals surface area contributed by atoms with Crippen molar-refractivity contribution in [3.63, 3.8) is 0 Å². The number of amides is 3. The van der Waals surface area contributed by atoms with E-state index in [1.54, 1.807) is 54.5 Å². The van der Waals surface area contributed by atoms with Crippen molar-refractivity contribution >= 4 is 80.5 Å². The van der Waals surface area contributed by atoms with Gasteiger partial charge >= 0.3 is 0 Å². The molecule has 36 heavy (non-hydrogen) atoms. The van der Waals surface area contributed by atoms with Crippen LogP contribution in [0.25, 0.3) is 0 Å². The predicted octanol–water partition coefficient (Wildman–Crippen LogP) is 4.97. The molecule has 0 saturated carbocycles. The Morgan fingerprint density at radius 1 is 1.14 bits per heavy atom. The van der Waals surface area contributed by atoms with Crippen molar-refractivity contribution in [1.29, 1.82) is 0 Å². The first-order valence-corrected chi connectivity index (χ1v) is 13.3. The molecule has 188 valence electrons. The number of carbonyl (C=O) groups excluding carboxylic acids is 3. The zero-order valence-electron chi connectivity index (χ0n) is 19.0. The zero-order valence-corrected chi connectivity index (χ0v) is 22.1. The maximum Gasteiger partial charge on any atom is 0.231 e. The summed E-state index contributed by atoms with van der Waals surface area (Å²) in [6.07, 6.45) is 0.365. The molecule has 3 aromatic rings. The molecular formula is C23H21Cl2N5O4S2. The molecule has 1 atom stereocenters. The largest absolute Gasteiger partial charge is 0.497 e. The Labute approximate surface area is 225 Å². The minimum absolute atomic E-state index is 0.117. The number of benzene rings is 2. The van der Waals surface area contributed by atoms with Gasteiger partial charge in [0.05, 0.1) is 23.1 Å². The van der Waals surface area contributed by atoms with Crippen LogP contribution in [0.3, 0.4) is 0 Å². The van der Waals surface area contributed by atoms with Crippen molar-refractivity contribution in [2.75, 3.05) is 34.9 Å².